The first-order chi connectivity index (χ1) is 15.0. The first kappa shape index (κ1) is 21.6. The molecule has 168 valence electrons. The zero-order valence-electron chi connectivity index (χ0n) is 18.0. The van der Waals surface area contributed by atoms with Gasteiger partial charge in [0.25, 0.3) is 17.4 Å². The number of anilines is 1. The van der Waals surface area contributed by atoms with E-state index in [1.807, 2.05) is 20.8 Å². The molecule has 1 fully saturated rings. The van der Waals surface area contributed by atoms with Gasteiger partial charge in [-0.25, -0.2) is 4.79 Å². The van der Waals surface area contributed by atoms with Crippen LogP contribution in [0.5, 0.6) is 0 Å². The van der Waals surface area contributed by atoms with Gasteiger partial charge in [0.15, 0.2) is 0 Å². The number of rotatable bonds is 2. The van der Waals surface area contributed by atoms with Crippen LogP contribution in [0.1, 0.15) is 53.2 Å². The molecule has 0 bridgehead atoms. The minimum atomic E-state index is -0.639. The number of benzene rings is 1. The average Bonchev–Trinajstić information content (AvgIpc) is 3.00. The fourth-order valence-electron chi connectivity index (χ4n) is 3.73. The Balaban J connectivity index is 1.58. The summed E-state index contributed by atoms with van der Waals surface area (Å²) in [6.45, 7) is 6.57. The molecule has 1 atom stereocenters. The predicted octanol–water partition coefficient (Wildman–Crippen LogP) is 1.61. The van der Waals surface area contributed by atoms with Crippen molar-refractivity contribution in [2.75, 3.05) is 25.4 Å². The lowest BCUT2D eigenvalue weighted by atomic mass is 10.1. The van der Waals surface area contributed by atoms with Crippen molar-refractivity contribution >= 4 is 23.7 Å². The molecule has 2 aromatic rings. The third-order valence-corrected chi connectivity index (χ3v) is 5.19. The largest absolute Gasteiger partial charge is 0.444 e. The fourth-order valence-corrected chi connectivity index (χ4v) is 3.73. The van der Waals surface area contributed by atoms with Gasteiger partial charge in [-0.15, -0.1) is 0 Å². The van der Waals surface area contributed by atoms with E-state index in [2.05, 4.69) is 5.32 Å². The minimum Gasteiger partial charge on any atom is -0.444 e. The fraction of sp³-hybridized carbons (Fsp3) is 0.364. The number of pyridine rings is 1. The summed E-state index contributed by atoms with van der Waals surface area (Å²) >= 11 is 0. The van der Waals surface area contributed by atoms with Crippen molar-refractivity contribution in [3.8, 4) is 5.69 Å². The molecule has 2 aliphatic heterocycles. The number of nitrogen functional groups attached to an aromatic ring is 1. The first-order valence-corrected chi connectivity index (χ1v) is 10.2. The van der Waals surface area contributed by atoms with E-state index >= 15 is 0 Å². The van der Waals surface area contributed by atoms with E-state index < -0.39 is 29.1 Å². The summed E-state index contributed by atoms with van der Waals surface area (Å²) in [6, 6.07) is 7.97. The second-order valence-corrected chi connectivity index (χ2v) is 8.65. The van der Waals surface area contributed by atoms with E-state index in [1.165, 1.54) is 4.57 Å². The monoisotopic (exact) mass is 440 g/mol. The van der Waals surface area contributed by atoms with Gasteiger partial charge in [0.2, 0.25) is 0 Å². The maximum Gasteiger partial charge on any atom is 0.410 e. The number of morpholine rings is 1. The third-order valence-electron chi connectivity index (χ3n) is 5.19. The van der Waals surface area contributed by atoms with Crippen LogP contribution in [0.4, 0.5) is 10.6 Å². The van der Waals surface area contributed by atoms with E-state index in [-0.39, 0.29) is 23.0 Å². The van der Waals surface area contributed by atoms with Gasteiger partial charge in [0, 0.05) is 12.6 Å². The molecule has 10 heteroatoms. The van der Waals surface area contributed by atoms with E-state index in [4.69, 9.17) is 15.2 Å². The van der Waals surface area contributed by atoms with Crippen LogP contribution in [0.3, 0.4) is 0 Å². The SMILES string of the molecule is CC(C)(C)OC(=O)N1CCOC(c2ccc(-n3c(N)c4c(cc3=O)C(=O)NC4=O)cc2)C1. The molecule has 0 aliphatic carbocycles. The van der Waals surface area contributed by atoms with Crippen LogP contribution in [-0.2, 0) is 9.47 Å². The van der Waals surface area contributed by atoms with Crippen LogP contribution in [0.15, 0.2) is 35.1 Å². The summed E-state index contributed by atoms with van der Waals surface area (Å²) in [5, 5.41) is 2.14. The molecule has 0 saturated carbocycles. The molecule has 1 saturated heterocycles. The predicted molar refractivity (Wildman–Crippen MR) is 115 cm³/mol. The molecule has 32 heavy (non-hydrogen) atoms. The van der Waals surface area contributed by atoms with Crippen molar-refractivity contribution in [3.05, 3.63) is 57.4 Å². The van der Waals surface area contributed by atoms with Crippen LogP contribution in [-0.4, -0.2) is 52.7 Å². The van der Waals surface area contributed by atoms with Gasteiger partial charge in [-0.05, 0) is 38.5 Å². The van der Waals surface area contributed by atoms with Crippen molar-refractivity contribution in [2.24, 2.45) is 0 Å². The smallest absolute Gasteiger partial charge is 0.410 e. The van der Waals surface area contributed by atoms with Crippen LogP contribution >= 0.6 is 0 Å². The highest BCUT2D eigenvalue weighted by Gasteiger charge is 2.32. The van der Waals surface area contributed by atoms with Gasteiger partial charge in [-0.2, -0.15) is 0 Å². The van der Waals surface area contributed by atoms with Crippen LogP contribution in [0, 0.1) is 0 Å². The zero-order valence-corrected chi connectivity index (χ0v) is 18.0. The molecule has 10 nitrogen and oxygen atoms in total. The summed E-state index contributed by atoms with van der Waals surface area (Å²) in [7, 11) is 0. The molecular weight excluding hydrogens is 416 g/mol. The highest BCUT2D eigenvalue weighted by Crippen LogP contribution is 2.26. The number of nitrogens with one attached hydrogen (secondary N) is 1. The molecule has 4 rings (SSSR count). The van der Waals surface area contributed by atoms with Crippen LogP contribution < -0.4 is 16.6 Å². The van der Waals surface area contributed by atoms with E-state index in [1.54, 1.807) is 29.2 Å². The summed E-state index contributed by atoms with van der Waals surface area (Å²) in [5.74, 6) is -1.38. The van der Waals surface area contributed by atoms with Gasteiger partial charge in [-0.3, -0.25) is 24.3 Å². The van der Waals surface area contributed by atoms with Gasteiger partial charge in [-0.1, -0.05) is 12.1 Å². The highest BCUT2D eigenvalue weighted by molar-refractivity contribution is 6.23. The number of imide groups is 1. The number of fused-ring (bicyclic) bond motifs is 1. The van der Waals surface area contributed by atoms with Gasteiger partial charge >= 0.3 is 6.09 Å². The number of carbonyl (C=O) groups is 3. The lowest BCUT2D eigenvalue weighted by Crippen LogP contribution is -2.44. The second-order valence-electron chi connectivity index (χ2n) is 8.65. The quantitative estimate of drug-likeness (QED) is 0.678. The molecule has 1 unspecified atom stereocenters. The Morgan fingerprint density at radius 1 is 1.16 bits per heavy atom. The normalized spacial score (nSPS) is 18.3. The number of aromatic nitrogens is 1. The zero-order chi connectivity index (χ0) is 23.2. The number of carbonyl (C=O) groups excluding carboxylic acids is 3. The Morgan fingerprint density at radius 3 is 2.50 bits per heavy atom. The highest BCUT2D eigenvalue weighted by atomic mass is 16.6. The van der Waals surface area contributed by atoms with Gasteiger partial charge < -0.3 is 20.1 Å². The topological polar surface area (TPSA) is 133 Å². The van der Waals surface area contributed by atoms with Crippen LogP contribution in [0.2, 0.25) is 0 Å². The van der Waals surface area contributed by atoms with Crippen molar-refractivity contribution in [3.63, 3.8) is 0 Å². The number of amides is 3. The number of nitrogens with zero attached hydrogens (tertiary/aromatic N) is 2. The molecule has 0 spiro atoms. The van der Waals surface area contributed by atoms with Crippen molar-refractivity contribution in [1.82, 2.24) is 14.8 Å². The average molecular weight is 440 g/mol. The van der Waals surface area contributed by atoms with Crippen LogP contribution in [0.25, 0.3) is 5.69 Å². The molecular formula is C22H24N4O6. The summed E-state index contributed by atoms with van der Waals surface area (Å²) in [6.07, 6.45) is -0.754. The number of hydrogen-bond acceptors (Lipinski definition) is 7. The van der Waals surface area contributed by atoms with Crippen molar-refractivity contribution in [2.45, 2.75) is 32.5 Å². The maximum atomic E-state index is 12.6. The lowest BCUT2D eigenvalue weighted by Gasteiger charge is -2.34. The minimum absolute atomic E-state index is 0.0118. The van der Waals surface area contributed by atoms with E-state index in [0.717, 1.165) is 11.6 Å². The summed E-state index contributed by atoms with van der Waals surface area (Å²) in [4.78, 5) is 50.4. The number of ether oxygens (including phenoxy) is 2. The Labute approximate surface area is 183 Å². The Kier molecular flexibility index (Phi) is 5.25. The second kappa shape index (κ2) is 7.79. The molecule has 2 aliphatic rings. The Morgan fingerprint density at radius 2 is 1.84 bits per heavy atom. The number of hydrogen-bond donors (Lipinski definition) is 2. The Hall–Kier alpha value is -3.66. The van der Waals surface area contributed by atoms with Crippen molar-refractivity contribution in [1.29, 1.82) is 0 Å². The molecule has 1 aromatic heterocycles. The molecule has 3 amide bonds. The lowest BCUT2D eigenvalue weighted by molar-refractivity contribution is -0.0432. The standard InChI is InChI=1S/C22H24N4O6/c1-22(2,3)32-21(30)25-8-9-31-15(11-25)12-4-6-13(7-5-12)26-16(27)10-14-17(18(26)23)20(29)24-19(14)28/h4-7,10,15H,8-9,11,23H2,1-3H3,(H,24,28,29). The Bertz CT molecular complexity index is 1160. The first-order valence-electron chi connectivity index (χ1n) is 10.2. The van der Waals surface area contributed by atoms with E-state index in [0.29, 0.717) is 25.4 Å². The molecule has 0 radical (unpaired) electrons. The number of nitrogens with two attached hydrogens (primary N) is 1. The van der Waals surface area contributed by atoms with Gasteiger partial charge in [0.1, 0.15) is 17.5 Å². The van der Waals surface area contributed by atoms with E-state index in [9.17, 15) is 19.2 Å². The third kappa shape index (κ3) is 3.96. The van der Waals surface area contributed by atoms with Gasteiger partial charge in [0.05, 0.1) is 30.0 Å². The molecule has 1 aromatic carbocycles. The van der Waals surface area contributed by atoms with Crippen molar-refractivity contribution < 1.29 is 23.9 Å². The summed E-state index contributed by atoms with van der Waals surface area (Å²) in [5.41, 5.74) is 6.17. The molecule has 3 N–H and O–H groups in total. The summed E-state index contributed by atoms with van der Waals surface area (Å²) < 4.78 is 12.4. The maximum absolute atomic E-state index is 12.6. The molecule has 3 heterocycles.